The molecule has 23 nitrogen and oxygen atoms in total. The molecule has 6 aromatic rings. The van der Waals surface area contributed by atoms with Crippen molar-refractivity contribution in [3.8, 4) is 34.5 Å². The van der Waals surface area contributed by atoms with E-state index in [1.807, 2.05) is 54.7 Å². The first-order valence-corrected chi connectivity index (χ1v) is 33.9. The van der Waals surface area contributed by atoms with E-state index in [2.05, 4.69) is 60.6 Å². The van der Waals surface area contributed by atoms with Crippen molar-refractivity contribution in [2.45, 2.75) is 144 Å². The average Bonchev–Trinajstić information content (AvgIpc) is 1.12. The number of aromatic hydroxyl groups is 6. The molecular formula is C71H91Br3N4O19. The Balaban J connectivity index is 0. The second kappa shape index (κ2) is 47.2. The number of benzene rings is 6. The maximum absolute atomic E-state index is 11.7. The Morgan fingerprint density at radius 3 is 1.22 bits per heavy atom. The Labute approximate surface area is 590 Å². The maximum atomic E-state index is 11.7. The molecule has 0 aliphatic heterocycles. The maximum Gasteiger partial charge on any atom is 0.331 e. The van der Waals surface area contributed by atoms with Crippen LogP contribution >= 0.6 is 44.2 Å². The van der Waals surface area contributed by atoms with Gasteiger partial charge in [0.1, 0.15) is 63.2 Å². The molecule has 6 rings (SSSR count). The summed E-state index contributed by atoms with van der Waals surface area (Å²) >= 11 is 8.65. The van der Waals surface area contributed by atoms with Gasteiger partial charge in [-0.1, -0.05) is 57.5 Å². The molecule has 0 saturated heterocycles. The number of hydrogen-bond donors (Lipinski definition) is 11. The molecule has 0 radical (unpaired) electrons. The Morgan fingerprint density at radius 1 is 0.474 bits per heavy atom. The number of esters is 4. The van der Waals surface area contributed by atoms with Crippen LogP contribution in [0.4, 0.5) is 0 Å². The van der Waals surface area contributed by atoms with E-state index in [4.69, 9.17) is 45.3 Å². The van der Waals surface area contributed by atoms with Crippen LogP contribution in [0.1, 0.15) is 166 Å². The van der Waals surface area contributed by atoms with Crippen molar-refractivity contribution in [1.82, 2.24) is 5.32 Å². The third kappa shape index (κ3) is 43.8. The molecule has 0 atom stereocenters. The zero-order valence-electron chi connectivity index (χ0n) is 56.6. The smallest absolute Gasteiger partial charge is 0.331 e. The molecule has 6 aromatic carbocycles. The van der Waals surface area contributed by atoms with Crippen LogP contribution in [0.15, 0.2) is 137 Å². The lowest BCUT2D eigenvalue weighted by atomic mass is 10.0. The van der Waals surface area contributed by atoms with Gasteiger partial charge >= 0.3 is 23.9 Å². The molecule has 0 heterocycles. The van der Waals surface area contributed by atoms with E-state index in [0.29, 0.717) is 95.5 Å². The summed E-state index contributed by atoms with van der Waals surface area (Å²) in [5.74, 6) is 2.85. The summed E-state index contributed by atoms with van der Waals surface area (Å²) in [6.07, 6.45) is 10.6. The van der Waals surface area contributed by atoms with E-state index in [1.165, 1.54) is 79.0 Å². The summed E-state index contributed by atoms with van der Waals surface area (Å²) in [7, 11) is 1.85. The summed E-state index contributed by atoms with van der Waals surface area (Å²) in [5, 5.41) is 76.1. The number of nitrogens with zero attached hydrogens (tertiary/aromatic N) is 1. The van der Waals surface area contributed by atoms with Crippen LogP contribution in [0.5, 0.6) is 34.5 Å². The number of phenolic OH excluding ortho intramolecular Hbond substituents is 6. The highest BCUT2D eigenvalue weighted by Crippen LogP contribution is 2.24. The lowest BCUT2D eigenvalue weighted by Crippen LogP contribution is -2.24. The third-order valence-corrected chi connectivity index (χ3v) is 11.9. The van der Waals surface area contributed by atoms with Crippen LogP contribution < -0.4 is 16.9 Å². The second-order valence-electron chi connectivity index (χ2n) is 24.1. The molecule has 0 fully saturated rings. The number of nitrogens with one attached hydrogen (secondary N) is 1. The molecule has 0 aromatic heterocycles. The van der Waals surface area contributed by atoms with Gasteiger partial charge in [-0.25, -0.2) is 15.5 Å². The summed E-state index contributed by atoms with van der Waals surface area (Å²) in [4.78, 5) is 77.3. The van der Waals surface area contributed by atoms with Crippen LogP contribution in [0.2, 0.25) is 0 Å². The third-order valence-electron chi connectivity index (χ3n) is 11.2. The Hall–Kier alpha value is -8.76. The minimum Gasteiger partial charge on any atom is -0.508 e. The number of carbonyl (C=O) groups excluding carboxylic acids is 7. The van der Waals surface area contributed by atoms with Gasteiger partial charge in [0.05, 0.1) is 6.21 Å². The number of aryl methyl sites for hydroxylation is 2. The molecule has 0 aliphatic carbocycles. The van der Waals surface area contributed by atoms with Gasteiger partial charge in [0.15, 0.2) is 12.6 Å². The molecule has 13 N–H and O–H groups in total. The second-order valence-corrected chi connectivity index (χ2v) is 24.9. The van der Waals surface area contributed by atoms with Gasteiger partial charge in [-0.05, 0) is 227 Å². The number of nitrogens with two attached hydrogens (primary N) is 2. The van der Waals surface area contributed by atoms with E-state index in [9.17, 15) is 54.0 Å². The number of rotatable bonds is 17. The van der Waals surface area contributed by atoms with Crippen molar-refractivity contribution in [2.75, 3.05) is 7.05 Å². The predicted octanol–water partition coefficient (Wildman–Crippen LogP) is 13.8. The van der Waals surface area contributed by atoms with Crippen molar-refractivity contribution in [3.05, 3.63) is 188 Å². The first-order chi connectivity index (χ1) is 45.3. The van der Waals surface area contributed by atoms with Crippen molar-refractivity contribution in [3.63, 3.8) is 0 Å². The number of aldehydes is 3. The highest BCUT2D eigenvalue weighted by atomic mass is 80.9. The Bertz CT molecular complexity index is 3510. The molecule has 26 heteroatoms. The van der Waals surface area contributed by atoms with Crippen molar-refractivity contribution >= 4 is 105 Å². The van der Waals surface area contributed by atoms with E-state index >= 15 is 0 Å². The van der Waals surface area contributed by atoms with Crippen LogP contribution in [0.3, 0.4) is 0 Å². The quantitative estimate of drug-likeness (QED) is 0.00768. The molecule has 0 bridgehead atoms. The summed E-state index contributed by atoms with van der Waals surface area (Å²) < 4.78 is 21.4. The van der Waals surface area contributed by atoms with Gasteiger partial charge in [0.25, 0.3) is 0 Å². The molecule has 0 unspecified atom stereocenters. The fourth-order valence-corrected chi connectivity index (χ4v) is 7.77. The van der Waals surface area contributed by atoms with Crippen LogP contribution in [0, 0.1) is 0 Å². The van der Waals surface area contributed by atoms with E-state index in [0.717, 1.165) is 22.3 Å². The van der Waals surface area contributed by atoms with E-state index in [-0.39, 0.29) is 46.4 Å². The molecule has 530 valence electrons. The summed E-state index contributed by atoms with van der Waals surface area (Å²) in [6.45, 7) is 22.8. The zero-order valence-corrected chi connectivity index (χ0v) is 61.4. The lowest BCUT2D eigenvalue weighted by molar-refractivity contribution is -0.155. The standard InChI is InChI=1S/C15H23NO3.C14H17NO4.C14H21NO3.C14H16O4.C7H5BrO2.C7H6O2.Br2.H3NO/c1-15(2,3)19-14(18)8-6-11-5-7-13(17)9-12(11)10-16-4;1-14(2,3)19-13(17)7-5-10-4-6-12(16)8-11(10)9-15-18;2*1-14(2,3)18-13(17)7-5-10-4-6-12(16)8-11(10)9-15;8-7-2-1-6(10)3-5(7)4-9;8-5-6-2-1-3-7(9)4-6;2*1-2/h5,7,9,16-17H,6,8,10H2,1-4H3;4-9,16,18H,1-3H3;4,6,8,16H,5,7,9,15H2,1-3H3;4-9,16H,1-3H3;1-4,10H;1-5,9H;;2H,1H2/b;7-5+,15-9+;;7-5+;;;;. The van der Waals surface area contributed by atoms with Gasteiger partial charge in [0.2, 0.25) is 0 Å². The normalized spacial score (nSPS) is 10.8. The minimum atomic E-state index is -0.552. The molecule has 0 saturated carbocycles. The number of carbonyl (C=O) groups is 7. The molecule has 97 heavy (non-hydrogen) atoms. The Kier molecular flexibility index (Phi) is 43.9. The van der Waals surface area contributed by atoms with Gasteiger partial charge in [-0.15, -0.1) is 0 Å². The van der Waals surface area contributed by atoms with Crippen LogP contribution in [0.25, 0.3) is 12.2 Å². The number of hydrogen-bond acceptors (Lipinski definition) is 23. The first-order valence-electron chi connectivity index (χ1n) is 29.4. The largest absolute Gasteiger partial charge is 0.508 e. The van der Waals surface area contributed by atoms with Crippen molar-refractivity contribution in [2.24, 2.45) is 16.8 Å². The first kappa shape index (κ1) is 90.3. The SMILES string of the molecule is BrBr.CC(C)(C)OC(=O)/C=C/c1ccc(O)cc1/C=N/O.CC(C)(C)OC(=O)/C=C/c1ccc(O)cc1C=O.CC(C)(C)OC(=O)CCc1ccc(O)cc1CN.CNCc1cc(O)ccc1CCC(=O)OC(C)(C)C.NO.O=Cc1cc(O)ccc1Br.O=Cc1cccc(O)c1. The highest BCUT2D eigenvalue weighted by Gasteiger charge is 2.19. The molecule has 0 amide bonds. The zero-order chi connectivity index (χ0) is 74.7. The number of halogens is 3. The van der Waals surface area contributed by atoms with Crippen molar-refractivity contribution in [1.29, 1.82) is 0 Å². The van der Waals surface area contributed by atoms with Crippen molar-refractivity contribution < 1.29 is 93.6 Å². The van der Waals surface area contributed by atoms with E-state index in [1.54, 1.807) is 102 Å². The average molecular weight is 1540 g/mol. The summed E-state index contributed by atoms with van der Waals surface area (Å²) in [6, 6.07) is 29.8. The van der Waals surface area contributed by atoms with E-state index < -0.39 is 34.3 Å². The van der Waals surface area contributed by atoms with Crippen LogP contribution in [-0.4, -0.2) is 119 Å². The van der Waals surface area contributed by atoms with Gasteiger partial charge < -0.3 is 71.1 Å². The number of phenols is 6. The van der Waals surface area contributed by atoms with Gasteiger partial charge in [-0.2, -0.15) is 0 Å². The fraction of sp³-hybridized carbons (Fsp3) is 0.324. The lowest BCUT2D eigenvalue weighted by Gasteiger charge is -2.19. The predicted molar refractivity (Wildman–Crippen MR) is 384 cm³/mol. The molecular weight excluding hydrogens is 1450 g/mol. The number of oxime groups is 1. The monoisotopic (exact) mass is 1540 g/mol. The van der Waals surface area contributed by atoms with Gasteiger partial charge in [-0.3, -0.25) is 24.0 Å². The summed E-state index contributed by atoms with van der Waals surface area (Å²) in [5.41, 5.74) is 10.4. The molecule has 0 aliphatic rings. The van der Waals surface area contributed by atoms with Gasteiger partial charge in [0, 0.05) is 93.1 Å². The topological polar surface area (TPSA) is 395 Å². The number of ether oxygens (including phenoxy) is 4. The van der Waals surface area contributed by atoms with Crippen LogP contribution in [-0.2, 0) is 64.1 Å². The molecule has 0 spiro atoms. The minimum absolute atomic E-state index is 0.00604. The highest BCUT2D eigenvalue weighted by molar-refractivity contribution is 9.93. The fourth-order valence-electron chi connectivity index (χ4n) is 7.43. The Morgan fingerprint density at radius 2 is 0.845 bits per heavy atom.